The molecule has 0 aromatic rings. The van der Waals surface area contributed by atoms with Crippen LogP contribution in [0.4, 0.5) is 0 Å². The van der Waals surface area contributed by atoms with Gasteiger partial charge in [-0.2, -0.15) is 0 Å². The van der Waals surface area contributed by atoms with Crippen LogP contribution in [0.1, 0.15) is 44.9 Å². The maximum Gasteiger partial charge on any atom is 0.0798 e. The zero-order valence-electron chi connectivity index (χ0n) is 9.24. The predicted octanol–water partition coefficient (Wildman–Crippen LogP) is 2.11. The molecule has 2 nitrogen and oxygen atoms in total. The van der Waals surface area contributed by atoms with Gasteiger partial charge in [-0.15, -0.1) is 0 Å². The first-order valence-corrected chi connectivity index (χ1v) is 6.62. The summed E-state index contributed by atoms with van der Waals surface area (Å²) in [4.78, 5) is 0. The second-order valence-corrected chi connectivity index (χ2v) is 6.13. The van der Waals surface area contributed by atoms with Gasteiger partial charge in [0.2, 0.25) is 0 Å². The molecule has 3 aliphatic carbocycles. The monoisotopic (exact) mass is 208 g/mol. The number of hydrogen-bond donors (Lipinski definition) is 1. The van der Waals surface area contributed by atoms with Crippen molar-refractivity contribution in [2.45, 2.75) is 56.7 Å². The molecule has 0 radical (unpaired) electrons. The van der Waals surface area contributed by atoms with Crippen LogP contribution in [0.15, 0.2) is 0 Å². The first kappa shape index (κ1) is 9.00. The zero-order chi connectivity index (χ0) is 10.1. The van der Waals surface area contributed by atoms with E-state index in [9.17, 15) is 5.11 Å². The Balaban J connectivity index is 1.79. The Kier molecular flexibility index (Phi) is 1.56. The van der Waals surface area contributed by atoms with Gasteiger partial charge in [0.25, 0.3) is 0 Å². The number of aliphatic hydroxyl groups excluding tert-OH is 1. The normalized spacial score (nSPS) is 61.8. The van der Waals surface area contributed by atoms with Gasteiger partial charge in [0.1, 0.15) is 0 Å². The Morgan fingerprint density at radius 3 is 2.93 bits per heavy atom. The molecule has 0 aromatic heterocycles. The van der Waals surface area contributed by atoms with Gasteiger partial charge >= 0.3 is 0 Å². The van der Waals surface area contributed by atoms with Gasteiger partial charge < -0.3 is 9.84 Å². The molecule has 15 heavy (non-hydrogen) atoms. The minimum Gasteiger partial charge on any atom is -0.393 e. The Labute approximate surface area is 91.0 Å². The number of hydrogen-bond acceptors (Lipinski definition) is 2. The van der Waals surface area contributed by atoms with Crippen molar-refractivity contribution < 1.29 is 9.84 Å². The number of rotatable bonds is 0. The first-order valence-electron chi connectivity index (χ1n) is 6.62. The highest BCUT2D eigenvalue weighted by molar-refractivity contribution is 5.26. The number of aliphatic hydroxyl groups is 1. The van der Waals surface area contributed by atoms with E-state index in [-0.39, 0.29) is 11.7 Å². The molecule has 4 fully saturated rings. The van der Waals surface area contributed by atoms with Gasteiger partial charge in [-0.1, -0.05) is 12.8 Å². The summed E-state index contributed by atoms with van der Waals surface area (Å²) in [5.41, 5.74) is 0.644. The molecule has 2 heteroatoms. The van der Waals surface area contributed by atoms with Crippen LogP contribution in [0.3, 0.4) is 0 Å². The van der Waals surface area contributed by atoms with E-state index in [4.69, 9.17) is 4.74 Å². The molecule has 1 unspecified atom stereocenters. The summed E-state index contributed by atoms with van der Waals surface area (Å²) in [7, 11) is 0. The van der Waals surface area contributed by atoms with Crippen LogP contribution in [-0.2, 0) is 4.74 Å². The molecular formula is C13H20O2. The average Bonchev–Trinajstić information content (AvgIpc) is 2.67. The van der Waals surface area contributed by atoms with Gasteiger partial charge in [0, 0.05) is 17.9 Å². The van der Waals surface area contributed by atoms with E-state index in [0.29, 0.717) is 11.3 Å². The maximum absolute atomic E-state index is 10.1. The van der Waals surface area contributed by atoms with Crippen LogP contribution in [0, 0.1) is 17.3 Å². The fourth-order valence-electron chi connectivity index (χ4n) is 5.66. The quantitative estimate of drug-likeness (QED) is 0.660. The Hall–Kier alpha value is -0.0800. The van der Waals surface area contributed by atoms with E-state index in [2.05, 4.69) is 0 Å². The molecule has 84 valence electrons. The second kappa shape index (κ2) is 2.60. The minimum absolute atomic E-state index is 0.0562. The second-order valence-electron chi connectivity index (χ2n) is 6.13. The van der Waals surface area contributed by atoms with E-state index in [1.807, 2.05) is 0 Å². The van der Waals surface area contributed by atoms with Crippen molar-refractivity contribution in [1.29, 1.82) is 0 Å². The lowest BCUT2D eigenvalue weighted by atomic mass is 9.40. The molecule has 0 aromatic carbocycles. The molecule has 1 aliphatic heterocycles. The van der Waals surface area contributed by atoms with E-state index in [1.165, 1.54) is 32.1 Å². The van der Waals surface area contributed by atoms with Gasteiger partial charge in [-0.3, -0.25) is 0 Å². The Morgan fingerprint density at radius 1 is 1.07 bits per heavy atom. The minimum atomic E-state index is -0.0562. The summed E-state index contributed by atoms with van der Waals surface area (Å²) in [5.74, 6) is 1.30. The SMILES string of the molecule is O[C@@H]1CC[C@]23OCC[C@@]24CCCCC4[C@H]13. The molecular weight excluding hydrogens is 188 g/mol. The summed E-state index contributed by atoms with van der Waals surface area (Å²) < 4.78 is 6.13. The van der Waals surface area contributed by atoms with Crippen molar-refractivity contribution in [2.24, 2.45) is 17.3 Å². The zero-order valence-corrected chi connectivity index (χ0v) is 9.24. The van der Waals surface area contributed by atoms with Crippen LogP contribution in [0.5, 0.6) is 0 Å². The van der Waals surface area contributed by atoms with Gasteiger partial charge in [0.15, 0.2) is 0 Å². The topological polar surface area (TPSA) is 29.5 Å². The fourth-order valence-corrected chi connectivity index (χ4v) is 5.66. The lowest BCUT2D eigenvalue weighted by Crippen LogP contribution is -2.68. The lowest BCUT2D eigenvalue weighted by Gasteiger charge is -2.66. The highest BCUT2D eigenvalue weighted by Gasteiger charge is 2.77. The largest absolute Gasteiger partial charge is 0.393 e. The standard InChI is InChI=1S/C13H20O2/c14-10-4-6-13-11(10)9-3-1-2-5-12(9,13)7-8-15-13/h9-11,14H,1-8H2/t9?,10-,11-,12-,13-/m1/s1. The lowest BCUT2D eigenvalue weighted by molar-refractivity contribution is -0.251. The first-order chi connectivity index (χ1) is 7.30. The van der Waals surface area contributed by atoms with Crippen molar-refractivity contribution >= 4 is 0 Å². The van der Waals surface area contributed by atoms with E-state index < -0.39 is 0 Å². The van der Waals surface area contributed by atoms with E-state index >= 15 is 0 Å². The highest BCUT2D eigenvalue weighted by atomic mass is 16.5. The summed E-state index contributed by atoms with van der Waals surface area (Å²) in [6.07, 6.45) is 8.85. The number of fused-ring (bicyclic) bond motifs is 1. The van der Waals surface area contributed by atoms with Crippen molar-refractivity contribution in [3.63, 3.8) is 0 Å². The van der Waals surface area contributed by atoms with Crippen molar-refractivity contribution in [3.05, 3.63) is 0 Å². The van der Waals surface area contributed by atoms with Gasteiger partial charge in [-0.05, 0) is 38.0 Å². The summed E-state index contributed by atoms with van der Waals surface area (Å²) in [6.45, 7) is 0.958. The molecule has 1 saturated heterocycles. The maximum atomic E-state index is 10.1. The van der Waals surface area contributed by atoms with E-state index in [1.54, 1.807) is 0 Å². The van der Waals surface area contributed by atoms with E-state index in [0.717, 1.165) is 25.4 Å². The van der Waals surface area contributed by atoms with Crippen LogP contribution in [-0.4, -0.2) is 23.4 Å². The third kappa shape index (κ3) is 0.763. The molecule has 1 heterocycles. The molecule has 2 spiro atoms. The third-order valence-corrected chi connectivity index (χ3v) is 6.05. The van der Waals surface area contributed by atoms with Crippen LogP contribution in [0.2, 0.25) is 0 Å². The summed E-state index contributed by atoms with van der Waals surface area (Å²) >= 11 is 0. The molecule has 0 bridgehead atoms. The molecule has 0 amide bonds. The summed E-state index contributed by atoms with van der Waals surface area (Å²) in [5, 5.41) is 10.1. The number of ether oxygens (including phenoxy) is 1. The molecule has 4 rings (SSSR count). The van der Waals surface area contributed by atoms with Crippen LogP contribution in [0.25, 0.3) is 0 Å². The van der Waals surface area contributed by atoms with Crippen molar-refractivity contribution in [3.8, 4) is 0 Å². The van der Waals surface area contributed by atoms with Gasteiger partial charge in [-0.25, -0.2) is 0 Å². The molecule has 1 N–H and O–H groups in total. The average molecular weight is 208 g/mol. The molecule has 3 saturated carbocycles. The Morgan fingerprint density at radius 2 is 2.00 bits per heavy atom. The smallest absolute Gasteiger partial charge is 0.0798 e. The third-order valence-electron chi connectivity index (χ3n) is 6.05. The predicted molar refractivity (Wildman–Crippen MR) is 56.4 cm³/mol. The Bertz CT molecular complexity index is 295. The van der Waals surface area contributed by atoms with Crippen LogP contribution < -0.4 is 0 Å². The molecule has 4 aliphatic rings. The van der Waals surface area contributed by atoms with Crippen LogP contribution >= 0.6 is 0 Å². The van der Waals surface area contributed by atoms with Gasteiger partial charge in [0.05, 0.1) is 11.7 Å². The van der Waals surface area contributed by atoms with Crippen molar-refractivity contribution in [1.82, 2.24) is 0 Å². The van der Waals surface area contributed by atoms with Crippen molar-refractivity contribution in [2.75, 3.05) is 6.61 Å². The molecule has 5 atom stereocenters. The summed E-state index contributed by atoms with van der Waals surface area (Å²) in [6, 6.07) is 0. The fraction of sp³-hybridized carbons (Fsp3) is 1.00. The highest BCUT2D eigenvalue weighted by Crippen LogP contribution is 2.75.